The lowest BCUT2D eigenvalue weighted by Gasteiger charge is -2.41. The number of hydrogen-bond donors (Lipinski definition) is 1. The second-order valence-corrected chi connectivity index (χ2v) is 35.8. The average Bonchev–Trinajstić information content (AvgIpc) is 3.68. The Hall–Kier alpha value is -3.34. The SMILES string of the molecule is COc1ccncc1-c1ccc2c(c1)c(Nc1nc3cc(CO[Si](C)(C)C(C)(C)C)ccc3n1C1CCC(O[Si](C)(C)C(C)(C)C)CC1)nn2COCC[Si](C)(C)C. The summed E-state index contributed by atoms with van der Waals surface area (Å²) >= 11 is 0. The van der Waals surface area contributed by atoms with E-state index in [1.54, 1.807) is 13.3 Å². The molecule has 0 bridgehead atoms. The molecule has 6 rings (SSSR count). The van der Waals surface area contributed by atoms with Gasteiger partial charge in [-0.2, -0.15) is 5.10 Å². The van der Waals surface area contributed by atoms with E-state index in [0.717, 1.165) is 87.9 Å². The third kappa shape index (κ3) is 9.98. The number of aromatic nitrogens is 5. The van der Waals surface area contributed by atoms with Crippen LogP contribution >= 0.6 is 0 Å². The van der Waals surface area contributed by atoms with Crippen LogP contribution in [0.5, 0.6) is 5.75 Å². The van der Waals surface area contributed by atoms with E-state index in [2.05, 4.69) is 139 Å². The highest BCUT2D eigenvalue weighted by molar-refractivity contribution is 6.76. The summed E-state index contributed by atoms with van der Waals surface area (Å²) < 4.78 is 30.0. The molecule has 0 amide bonds. The van der Waals surface area contributed by atoms with Gasteiger partial charge in [0.15, 0.2) is 22.5 Å². The third-order valence-corrected chi connectivity index (χ3v) is 23.7. The van der Waals surface area contributed by atoms with Crippen molar-refractivity contribution in [1.29, 1.82) is 0 Å². The van der Waals surface area contributed by atoms with E-state index in [1.807, 2.05) is 16.9 Å². The molecule has 0 radical (unpaired) electrons. The summed E-state index contributed by atoms with van der Waals surface area (Å²) in [6.07, 6.45) is 7.97. The lowest BCUT2D eigenvalue weighted by molar-refractivity contribution is 0.0819. The fourth-order valence-corrected chi connectivity index (χ4v) is 10.3. The van der Waals surface area contributed by atoms with Crippen LogP contribution in [0.15, 0.2) is 54.9 Å². The first-order valence-electron chi connectivity index (χ1n) is 21.2. The van der Waals surface area contributed by atoms with Gasteiger partial charge in [-0.05, 0) is 109 Å². The van der Waals surface area contributed by atoms with E-state index in [9.17, 15) is 0 Å². The molecule has 0 atom stereocenters. The van der Waals surface area contributed by atoms with Crippen molar-refractivity contribution in [3.8, 4) is 16.9 Å². The normalized spacial score (nSPS) is 17.3. The Morgan fingerprint density at radius 1 is 0.828 bits per heavy atom. The molecule has 0 saturated heterocycles. The van der Waals surface area contributed by atoms with Crippen LogP contribution in [0.4, 0.5) is 11.8 Å². The van der Waals surface area contributed by atoms with Crippen molar-refractivity contribution < 1.29 is 18.3 Å². The number of fused-ring (bicyclic) bond motifs is 2. The molecule has 3 heterocycles. The van der Waals surface area contributed by atoms with Crippen molar-refractivity contribution in [2.24, 2.45) is 0 Å². The van der Waals surface area contributed by atoms with Crippen molar-refractivity contribution in [2.75, 3.05) is 19.0 Å². The molecule has 1 aliphatic carbocycles. The average molecular weight is 843 g/mol. The van der Waals surface area contributed by atoms with Crippen LogP contribution in [0.25, 0.3) is 33.1 Å². The van der Waals surface area contributed by atoms with E-state index in [1.165, 1.54) is 0 Å². The minimum Gasteiger partial charge on any atom is -0.496 e. The molecule has 0 spiro atoms. The number of benzene rings is 2. The predicted octanol–water partition coefficient (Wildman–Crippen LogP) is 12.5. The minimum absolute atomic E-state index is 0.135. The molecule has 1 aliphatic rings. The van der Waals surface area contributed by atoms with Gasteiger partial charge >= 0.3 is 0 Å². The van der Waals surface area contributed by atoms with Crippen molar-refractivity contribution in [1.82, 2.24) is 24.3 Å². The predicted molar refractivity (Wildman–Crippen MR) is 248 cm³/mol. The summed E-state index contributed by atoms with van der Waals surface area (Å²) in [7, 11) is -3.36. The standard InChI is InChI=1S/C45H70N6O4Si3/c1-44(2,3)57(11,12)54-30-32-15-21-40-38(27-32)47-43(51(40)34-17-19-35(20-18-34)55-58(13,14)45(4,5)6)48-42-36-28-33(37-29-46-24-23-41(37)52-7)16-22-39(36)50(49-42)31-53-25-26-56(8,9)10/h15-16,21-24,27-29,34-35H,17-20,25-26,30-31H2,1-14H3,(H,47,48,49). The Morgan fingerprint density at radius 2 is 1.52 bits per heavy atom. The van der Waals surface area contributed by atoms with E-state index >= 15 is 0 Å². The van der Waals surface area contributed by atoms with Crippen LogP contribution in [-0.4, -0.2) is 68.8 Å². The maximum absolute atomic E-state index is 6.94. The van der Waals surface area contributed by atoms with E-state index in [0.29, 0.717) is 19.9 Å². The molecule has 2 aromatic carbocycles. The monoisotopic (exact) mass is 842 g/mol. The smallest absolute Gasteiger partial charge is 0.209 e. The molecule has 13 heteroatoms. The quantitative estimate of drug-likeness (QED) is 0.0822. The molecule has 1 N–H and O–H groups in total. The van der Waals surface area contributed by atoms with Gasteiger partial charge in [0.25, 0.3) is 0 Å². The molecule has 0 aliphatic heterocycles. The highest BCUT2D eigenvalue weighted by atomic mass is 28.4. The zero-order valence-electron chi connectivity index (χ0n) is 37.9. The summed E-state index contributed by atoms with van der Waals surface area (Å²) in [6.45, 7) is 32.0. The molecular weight excluding hydrogens is 773 g/mol. The number of pyridine rings is 1. The third-order valence-electron chi connectivity index (χ3n) is 12.9. The number of anilines is 2. The van der Waals surface area contributed by atoms with Gasteiger partial charge in [-0.1, -0.05) is 73.3 Å². The second kappa shape index (κ2) is 17.0. The Bertz CT molecular complexity index is 2190. The molecule has 5 aromatic rings. The number of hydrogen-bond acceptors (Lipinski definition) is 8. The van der Waals surface area contributed by atoms with Gasteiger partial charge in [0.1, 0.15) is 12.5 Å². The Balaban J connectivity index is 1.39. The van der Waals surface area contributed by atoms with Gasteiger partial charge in [-0.15, -0.1) is 0 Å². The number of imidazole rings is 1. The fraction of sp³-hybridized carbons (Fsp3) is 0.578. The Labute approximate surface area is 350 Å². The van der Waals surface area contributed by atoms with Crippen molar-refractivity contribution >= 4 is 58.4 Å². The van der Waals surface area contributed by atoms with E-state index in [4.69, 9.17) is 28.4 Å². The zero-order valence-corrected chi connectivity index (χ0v) is 40.9. The summed E-state index contributed by atoms with van der Waals surface area (Å²) in [5.41, 5.74) is 6.12. The Kier molecular flexibility index (Phi) is 12.9. The van der Waals surface area contributed by atoms with E-state index < -0.39 is 24.7 Å². The molecule has 3 aromatic heterocycles. The molecule has 316 valence electrons. The largest absolute Gasteiger partial charge is 0.496 e. The van der Waals surface area contributed by atoms with Crippen LogP contribution in [0.2, 0.25) is 61.9 Å². The first-order valence-corrected chi connectivity index (χ1v) is 30.8. The van der Waals surface area contributed by atoms with Gasteiger partial charge in [0.2, 0.25) is 5.95 Å². The van der Waals surface area contributed by atoms with Crippen molar-refractivity contribution in [3.05, 3.63) is 60.4 Å². The van der Waals surface area contributed by atoms with Crippen LogP contribution in [0.1, 0.15) is 78.8 Å². The van der Waals surface area contributed by atoms with Crippen LogP contribution < -0.4 is 10.1 Å². The molecule has 0 unspecified atom stereocenters. The van der Waals surface area contributed by atoms with Crippen LogP contribution in [0.3, 0.4) is 0 Å². The highest BCUT2D eigenvalue weighted by Gasteiger charge is 2.40. The maximum atomic E-state index is 6.94. The number of rotatable bonds is 15. The van der Waals surface area contributed by atoms with Gasteiger partial charge < -0.3 is 28.2 Å². The number of nitrogens with zero attached hydrogens (tertiary/aromatic N) is 5. The summed E-state index contributed by atoms with van der Waals surface area (Å²) in [6, 6.07) is 16.3. The van der Waals surface area contributed by atoms with Gasteiger partial charge in [-0.3, -0.25) is 4.98 Å². The Morgan fingerprint density at radius 3 is 2.17 bits per heavy atom. The summed E-state index contributed by atoms with van der Waals surface area (Å²) in [5.74, 6) is 2.30. The van der Waals surface area contributed by atoms with Gasteiger partial charge in [0, 0.05) is 50.2 Å². The number of nitrogens with one attached hydrogen (secondary N) is 1. The number of ether oxygens (including phenoxy) is 2. The lowest BCUT2D eigenvalue weighted by Crippen LogP contribution is -2.44. The zero-order chi connectivity index (χ0) is 42.3. The first kappa shape index (κ1) is 44.2. The second-order valence-electron chi connectivity index (χ2n) is 20.6. The van der Waals surface area contributed by atoms with Crippen molar-refractivity contribution in [2.45, 2.75) is 155 Å². The highest BCUT2D eigenvalue weighted by Crippen LogP contribution is 2.43. The molecule has 58 heavy (non-hydrogen) atoms. The fourth-order valence-electron chi connectivity index (χ4n) is 7.14. The molecule has 1 saturated carbocycles. The first-order chi connectivity index (χ1) is 27.1. The maximum Gasteiger partial charge on any atom is 0.209 e. The number of methoxy groups -OCH3 is 1. The van der Waals surface area contributed by atoms with Crippen molar-refractivity contribution in [3.63, 3.8) is 0 Å². The summed E-state index contributed by atoms with van der Waals surface area (Å²) in [5, 5.41) is 10.3. The molecule has 1 fully saturated rings. The van der Waals surface area contributed by atoms with E-state index in [-0.39, 0.29) is 22.2 Å². The molecule has 10 nitrogen and oxygen atoms in total. The summed E-state index contributed by atoms with van der Waals surface area (Å²) in [4.78, 5) is 9.78. The minimum atomic E-state index is -1.93. The topological polar surface area (TPSA) is 97.5 Å². The van der Waals surface area contributed by atoms with Crippen LogP contribution in [0, 0.1) is 0 Å². The lowest BCUT2D eigenvalue weighted by atomic mass is 9.93. The van der Waals surface area contributed by atoms with Gasteiger partial charge in [-0.25, -0.2) is 9.67 Å². The van der Waals surface area contributed by atoms with Gasteiger partial charge in [0.05, 0.1) is 30.3 Å². The molecular formula is C45H70N6O4Si3. The van der Waals surface area contributed by atoms with Crippen LogP contribution in [-0.2, 0) is 26.9 Å².